The molecule has 63 heavy (non-hydrogen) atoms. The summed E-state index contributed by atoms with van der Waals surface area (Å²) in [6, 6.07) is 0. The maximum atomic E-state index is 13.9. The predicted octanol–water partition coefficient (Wildman–Crippen LogP) is 0.430. The maximum Gasteiger partial charge on any atom is 0.187 e. The zero-order valence-electron chi connectivity index (χ0n) is 37.7. The number of hydrogen-bond acceptors (Lipinski definition) is 17. The number of carbonyl (C=O) groups excluding carboxylic acids is 1. The molecule has 4 aliphatic carbocycles. The minimum atomic E-state index is -1.75. The third kappa shape index (κ3) is 8.54. The van der Waals surface area contributed by atoms with E-state index in [0.717, 1.165) is 44.9 Å². The van der Waals surface area contributed by atoms with E-state index in [-0.39, 0.29) is 47.2 Å². The number of aliphatic hydroxyl groups excluding tert-OH is 10. The molecule has 0 spiro atoms. The lowest BCUT2D eigenvalue weighted by Gasteiger charge is -2.69. The summed E-state index contributed by atoms with van der Waals surface area (Å²) >= 11 is 0. The highest BCUT2D eigenvalue weighted by atomic mass is 16.8. The molecule has 4 saturated carbocycles. The van der Waals surface area contributed by atoms with Crippen molar-refractivity contribution in [1.29, 1.82) is 0 Å². The summed E-state index contributed by atoms with van der Waals surface area (Å²) in [6.45, 7) is 11.6. The first-order valence-electron chi connectivity index (χ1n) is 23.4. The van der Waals surface area contributed by atoms with E-state index in [9.17, 15) is 55.9 Å². The van der Waals surface area contributed by atoms with Crippen LogP contribution >= 0.6 is 0 Å². The molecular formula is C46H76O17. The predicted molar refractivity (Wildman–Crippen MR) is 222 cm³/mol. The molecule has 3 aliphatic heterocycles. The van der Waals surface area contributed by atoms with Crippen LogP contribution in [-0.4, -0.2) is 175 Å². The monoisotopic (exact) mass is 901 g/mol. The molecule has 3 saturated heterocycles. The highest BCUT2D eigenvalue weighted by molar-refractivity contribution is 5.62. The molecule has 7 rings (SSSR count). The average Bonchev–Trinajstić information content (AvgIpc) is 3.61. The molecule has 7 aliphatic rings. The number of allylic oxidation sites excluding steroid dienone is 2. The van der Waals surface area contributed by atoms with E-state index in [1.807, 2.05) is 13.8 Å². The van der Waals surface area contributed by atoms with Crippen LogP contribution in [0.15, 0.2) is 11.6 Å². The molecule has 7 fully saturated rings. The lowest BCUT2D eigenvalue weighted by atomic mass is 9.35. The molecule has 17 heteroatoms. The minimum absolute atomic E-state index is 0.0714. The Balaban J connectivity index is 1.10. The van der Waals surface area contributed by atoms with Gasteiger partial charge in [0, 0.05) is 5.41 Å². The number of hydrogen-bond donors (Lipinski definition) is 10. The summed E-state index contributed by atoms with van der Waals surface area (Å²) in [7, 11) is 0. The van der Waals surface area contributed by atoms with Gasteiger partial charge in [-0.1, -0.05) is 39.3 Å². The van der Waals surface area contributed by atoms with Gasteiger partial charge in [-0.05, 0) is 118 Å². The van der Waals surface area contributed by atoms with Gasteiger partial charge in [0.25, 0.3) is 0 Å². The summed E-state index contributed by atoms with van der Waals surface area (Å²) in [5.41, 5.74) is -0.434. The summed E-state index contributed by atoms with van der Waals surface area (Å²) in [5.74, 6) is 0.326. The lowest BCUT2D eigenvalue weighted by Crippen LogP contribution is -2.66. The average molecular weight is 901 g/mol. The lowest BCUT2D eigenvalue weighted by molar-refractivity contribution is -0.367. The summed E-state index contributed by atoms with van der Waals surface area (Å²) in [5, 5.41) is 105. The standard InChI is InChI=1S/C46H76O17/c1-22(2)8-7-9-26(59-40-37(56)35(54)33(52)27(18-47)60-40)23-12-15-44(5)24(23)10-11-30-45(44,6)16-13-29-43(3,4)31(14-17-46(29,30)21-49)62-42-39(32(51)25(50)20-58-42)63-41-38(57)36(55)34(53)28(19-48)61-41/h8,21,23-42,47-48,50-57H,7,9-20H2,1-6H3/t23-,24-,25+,26-,27-,28+,29-,30-,31-,32-,33+,34-,35+,36+,37-,38+,39-,40-,41-,42-,44+,45+,46-/m0/s1. The van der Waals surface area contributed by atoms with Gasteiger partial charge < -0.3 is 84.3 Å². The Kier molecular flexibility index (Phi) is 15.0. The molecule has 0 radical (unpaired) electrons. The molecule has 0 aromatic rings. The quantitative estimate of drug-likeness (QED) is 0.0682. The maximum absolute atomic E-state index is 13.9. The number of ether oxygens (including phenoxy) is 6. The number of aldehydes is 1. The molecule has 3 heterocycles. The Bertz CT molecular complexity index is 1590. The first-order chi connectivity index (χ1) is 29.7. The van der Waals surface area contributed by atoms with Crippen LogP contribution in [0.4, 0.5) is 0 Å². The zero-order chi connectivity index (χ0) is 46.0. The van der Waals surface area contributed by atoms with Crippen LogP contribution in [-0.2, 0) is 33.2 Å². The molecule has 0 aromatic carbocycles. The van der Waals surface area contributed by atoms with Crippen molar-refractivity contribution >= 4 is 6.29 Å². The Labute approximate surface area is 370 Å². The van der Waals surface area contributed by atoms with Crippen LogP contribution in [0.3, 0.4) is 0 Å². The first-order valence-corrected chi connectivity index (χ1v) is 23.4. The Hall–Kier alpha value is -1.23. The molecule has 17 nitrogen and oxygen atoms in total. The number of rotatable bonds is 13. The SMILES string of the molecule is CC(C)=CCC[C@H](O[C@H]1O[C@@H](CO)[C@@H](O)[C@@H](O)[C@@H]1O)[C@H]1CC[C@]2(C)[C@H]1CC[C@@H]1[C@]3(C=O)CC[C@H](O[C@@H]4OC[C@@H](O)[C@H](O)[C@@H]4O[C@@H]4O[C@H](CO)[C@H](O)[C@@H](O)[C@H]4O)C(C)(C)[C@@H]3CC[C@]12C. The van der Waals surface area contributed by atoms with Crippen LogP contribution < -0.4 is 0 Å². The van der Waals surface area contributed by atoms with Crippen LogP contribution in [0.2, 0.25) is 0 Å². The summed E-state index contributed by atoms with van der Waals surface area (Å²) < 4.78 is 36.7. The smallest absolute Gasteiger partial charge is 0.187 e. The second kappa shape index (κ2) is 19.0. The molecule has 0 unspecified atom stereocenters. The third-order valence-corrected chi connectivity index (χ3v) is 17.7. The highest BCUT2D eigenvalue weighted by Gasteiger charge is 2.71. The van der Waals surface area contributed by atoms with Gasteiger partial charge in [-0.25, -0.2) is 0 Å². The summed E-state index contributed by atoms with van der Waals surface area (Å²) in [6.07, 6.45) is -10.2. The molecule has 23 atom stereocenters. The molecule has 0 bridgehead atoms. The van der Waals surface area contributed by atoms with E-state index in [1.165, 1.54) is 11.9 Å². The van der Waals surface area contributed by atoms with E-state index in [1.54, 1.807) is 0 Å². The molecule has 10 N–H and O–H groups in total. The number of aliphatic hydroxyl groups is 10. The zero-order valence-corrected chi connectivity index (χ0v) is 37.7. The van der Waals surface area contributed by atoms with Gasteiger partial charge in [0.05, 0.1) is 32.0 Å². The van der Waals surface area contributed by atoms with Crippen LogP contribution in [0, 0.1) is 45.3 Å². The second-order valence-electron chi connectivity index (χ2n) is 21.4. The fourth-order valence-corrected chi connectivity index (χ4v) is 14.0. The van der Waals surface area contributed by atoms with Crippen molar-refractivity contribution in [3.63, 3.8) is 0 Å². The van der Waals surface area contributed by atoms with Gasteiger partial charge in [-0.3, -0.25) is 0 Å². The van der Waals surface area contributed by atoms with Crippen LogP contribution in [0.1, 0.15) is 106 Å². The van der Waals surface area contributed by atoms with Crippen molar-refractivity contribution in [3.05, 3.63) is 11.6 Å². The number of fused-ring (bicyclic) bond motifs is 5. The van der Waals surface area contributed by atoms with Gasteiger partial charge in [0.15, 0.2) is 18.9 Å². The third-order valence-electron chi connectivity index (χ3n) is 17.7. The highest BCUT2D eigenvalue weighted by Crippen LogP contribution is 2.75. The van der Waals surface area contributed by atoms with Crippen molar-refractivity contribution in [1.82, 2.24) is 0 Å². The van der Waals surface area contributed by atoms with Gasteiger partial charge in [-0.2, -0.15) is 0 Å². The van der Waals surface area contributed by atoms with E-state index < -0.39 is 116 Å². The fraction of sp³-hybridized carbons (Fsp3) is 0.935. The fourth-order valence-electron chi connectivity index (χ4n) is 14.0. The summed E-state index contributed by atoms with van der Waals surface area (Å²) in [4.78, 5) is 13.9. The van der Waals surface area contributed by atoms with Crippen molar-refractivity contribution in [3.8, 4) is 0 Å². The first kappa shape index (κ1) is 49.7. The van der Waals surface area contributed by atoms with Crippen molar-refractivity contribution in [2.45, 2.75) is 204 Å². The number of carbonyl (C=O) groups is 1. The molecule has 0 amide bonds. The minimum Gasteiger partial charge on any atom is -0.394 e. The Morgan fingerprint density at radius 1 is 0.683 bits per heavy atom. The van der Waals surface area contributed by atoms with E-state index in [4.69, 9.17) is 28.4 Å². The molecular weight excluding hydrogens is 824 g/mol. The Morgan fingerprint density at radius 3 is 1.92 bits per heavy atom. The van der Waals surface area contributed by atoms with Crippen LogP contribution in [0.25, 0.3) is 0 Å². The van der Waals surface area contributed by atoms with Crippen molar-refractivity contribution in [2.24, 2.45) is 45.3 Å². The Morgan fingerprint density at radius 2 is 1.30 bits per heavy atom. The molecule has 0 aromatic heterocycles. The van der Waals surface area contributed by atoms with E-state index in [0.29, 0.717) is 19.3 Å². The van der Waals surface area contributed by atoms with Gasteiger partial charge >= 0.3 is 0 Å². The van der Waals surface area contributed by atoms with E-state index in [2.05, 4.69) is 33.8 Å². The van der Waals surface area contributed by atoms with Gasteiger partial charge in [0.1, 0.15) is 73.4 Å². The second-order valence-corrected chi connectivity index (χ2v) is 21.4. The van der Waals surface area contributed by atoms with Crippen LogP contribution in [0.5, 0.6) is 0 Å². The van der Waals surface area contributed by atoms with Gasteiger partial charge in [-0.15, -0.1) is 0 Å². The topological polar surface area (TPSA) is 275 Å². The molecule has 362 valence electrons. The van der Waals surface area contributed by atoms with Crippen molar-refractivity contribution < 1.29 is 84.3 Å². The van der Waals surface area contributed by atoms with Gasteiger partial charge in [0.2, 0.25) is 0 Å². The largest absolute Gasteiger partial charge is 0.394 e. The normalized spacial score (nSPS) is 51.3. The van der Waals surface area contributed by atoms with Crippen molar-refractivity contribution in [2.75, 3.05) is 19.8 Å². The van der Waals surface area contributed by atoms with E-state index >= 15 is 0 Å².